The molecule has 6 nitrogen and oxygen atoms in total. The molecule has 0 aliphatic carbocycles. The minimum Gasteiger partial charge on any atom is -0.375 e. The molecule has 2 aliphatic rings. The first-order chi connectivity index (χ1) is 9.18. The van der Waals surface area contributed by atoms with Crippen LogP contribution < -0.4 is 16.0 Å². The van der Waals surface area contributed by atoms with Gasteiger partial charge in [0.1, 0.15) is 0 Å². The van der Waals surface area contributed by atoms with Gasteiger partial charge in [-0.25, -0.2) is 4.79 Å². The van der Waals surface area contributed by atoms with Gasteiger partial charge in [0, 0.05) is 44.9 Å². The molecular formula is C13H26N4O2. The van der Waals surface area contributed by atoms with Crippen LogP contribution in [0.3, 0.4) is 0 Å². The fourth-order valence-electron chi connectivity index (χ4n) is 2.55. The van der Waals surface area contributed by atoms with Crippen molar-refractivity contribution in [3.8, 4) is 0 Å². The Morgan fingerprint density at radius 2 is 2.26 bits per heavy atom. The molecule has 0 aromatic rings. The number of urea groups is 1. The SMILES string of the molecule is CC1NCCN(C(=O)NCC2CNCCCO2)C1C. The summed E-state index contributed by atoms with van der Waals surface area (Å²) in [7, 11) is 0. The first-order valence-electron chi connectivity index (χ1n) is 7.28. The zero-order chi connectivity index (χ0) is 13.7. The van der Waals surface area contributed by atoms with E-state index in [2.05, 4.69) is 29.8 Å². The summed E-state index contributed by atoms with van der Waals surface area (Å²) < 4.78 is 5.68. The molecule has 3 unspecified atom stereocenters. The maximum atomic E-state index is 12.2. The van der Waals surface area contributed by atoms with Gasteiger partial charge in [-0.1, -0.05) is 0 Å². The van der Waals surface area contributed by atoms with E-state index in [-0.39, 0.29) is 18.2 Å². The van der Waals surface area contributed by atoms with Gasteiger partial charge in [0.15, 0.2) is 0 Å². The molecule has 2 heterocycles. The average molecular weight is 270 g/mol. The molecule has 2 amide bonds. The summed E-state index contributed by atoms with van der Waals surface area (Å²) in [5.74, 6) is 0. The molecule has 2 fully saturated rings. The molecule has 0 aromatic carbocycles. The van der Waals surface area contributed by atoms with E-state index in [0.29, 0.717) is 12.6 Å². The minimum absolute atomic E-state index is 0.0219. The van der Waals surface area contributed by atoms with Crippen LogP contribution in [0, 0.1) is 0 Å². The molecule has 0 saturated carbocycles. The smallest absolute Gasteiger partial charge is 0.317 e. The average Bonchev–Trinajstić information content (AvgIpc) is 2.68. The number of nitrogens with one attached hydrogen (secondary N) is 3. The summed E-state index contributed by atoms with van der Waals surface area (Å²) >= 11 is 0. The molecule has 2 saturated heterocycles. The van der Waals surface area contributed by atoms with E-state index in [9.17, 15) is 4.79 Å². The second-order valence-corrected chi connectivity index (χ2v) is 5.41. The Balaban J connectivity index is 1.76. The quantitative estimate of drug-likeness (QED) is 0.648. The Bertz CT molecular complexity index is 292. The maximum absolute atomic E-state index is 12.2. The van der Waals surface area contributed by atoms with Crippen LogP contribution in [0.1, 0.15) is 20.3 Å². The molecule has 0 bridgehead atoms. The Hall–Kier alpha value is -0.850. The molecule has 0 spiro atoms. The molecule has 3 N–H and O–H groups in total. The van der Waals surface area contributed by atoms with E-state index in [0.717, 1.165) is 39.2 Å². The topological polar surface area (TPSA) is 65.6 Å². The molecule has 2 rings (SSSR count). The van der Waals surface area contributed by atoms with E-state index >= 15 is 0 Å². The highest BCUT2D eigenvalue weighted by molar-refractivity contribution is 5.74. The van der Waals surface area contributed by atoms with Crippen molar-refractivity contribution in [3.63, 3.8) is 0 Å². The van der Waals surface area contributed by atoms with Crippen LogP contribution in [0.5, 0.6) is 0 Å². The van der Waals surface area contributed by atoms with Crippen molar-refractivity contribution in [2.45, 2.75) is 38.5 Å². The van der Waals surface area contributed by atoms with Crippen molar-refractivity contribution < 1.29 is 9.53 Å². The van der Waals surface area contributed by atoms with Crippen molar-refractivity contribution in [2.75, 3.05) is 39.3 Å². The van der Waals surface area contributed by atoms with Gasteiger partial charge in [0.05, 0.1) is 6.10 Å². The lowest BCUT2D eigenvalue weighted by molar-refractivity contribution is 0.0656. The number of hydrogen-bond donors (Lipinski definition) is 3. The monoisotopic (exact) mass is 270 g/mol. The molecule has 0 aromatic heterocycles. The highest BCUT2D eigenvalue weighted by Gasteiger charge is 2.28. The lowest BCUT2D eigenvalue weighted by atomic mass is 10.1. The predicted octanol–water partition coefficient (Wildman–Crippen LogP) is -0.243. The summed E-state index contributed by atoms with van der Waals surface area (Å²) in [6.45, 7) is 8.99. The third-order valence-electron chi connectivity index (χ3n) is 4.00. The molecular weight excluding hydrogens is 244 g/mol. The van der Waals surface area contributed by atoms with Crippen LogP contribution in [-0.4, -0.2) is 68.4 Å². The van der Waals surface area contributed by atoms with Gasteiger partial charge >= 0.3 is 6.03 Å². The molecule has 110 valence electrons. The van der Waals surface area contributed by atoms with E-state index in [1.165, 1.54) is 0 Å². The zero-order valence-corrected chi connectivity index (χ0v) is 11.9. The molecule has 6 heteroatoms. The highest BCUT2D eigenvalue weighted by Crippen LogP contribution is 2.08. The minimum atomic E-state index is 0.0219. The van der Waals surface area contributed by atoms with Crippen LogP contribution in [0.15, 0.2) is 0 Å². The van der Waals surface area contributed by atoms with Gasteiger partial charge in [0.2, 0.25) is 0 Å². The normalized spacial score (nSPS) is 32.7. The number of hydrogen-bond acceptors (Lipinski definition) is 4. The van der Waals surface area contributed by atoms with Crippen LogP contribution >= 0.6 is 0 Å². The number of carbonyl (C=O) groups excluding carboxylic acids is 1. The van der Waals surface area contributed by atoms with Gasteiger partial charge in [-0.2, -0.15) is 0 Å². The zero-order valence-electron chi connectivity index (χ0n) is 11.9. The highest BCUT2D eigenvalue weighted by atomic mass is 16.5. The van der Waals surface area contributed by atoms with Gasteiger partial charge in [-0.15, -0.1) is 0 Å². The van der Waals surface area contributed by atoms with E-state index < -0.39 is 0 Å². The van der Waals surface area contributed by atoms with Crippen LogP contribution in [0.25, 0.3) is 0 Å². The van der Waals surface area contributed by atoms with Crippen molar-refractivity contribution in [1.82, 2.24) is 20.9 Å². The maximum Gasteiger partial charge on any atom is 0.317 e. The number of piperazine rings is 1. The third kappa shape index (κ3) is 4.06. The van der Waals surface area contributed by atoms with E-state index in [1.807, 2.05) is 4.90 Å². The summed E-state index contributed by atoms with van der Waals surface area (Å²) in [5, 5.41) is 9.69. The van der Waals surface area contributed by atoms with Crippen LogP contribution in [0.2, 0.25) is 0 Å². The summed E-state index contributed by atoms with van der Waals surface area (Å²) in [6.07, 6.45) is 1.12. The lowest BCUT2D eigenvalue weighted by Gasteiger charge is -2.38. The predicted molar refractivity (Wildman–Crippen MR) is 74.3 cm³/mol. The number of amides is 2. The van der Waals surface area contributed by atoms with Crippen LogP contribution in [-0.2, 0) is 4.74 Å². The van der Waals surface area contributed by atoms with Gasteiger partial charge in [-0.3, -0.25) is 0 Å². The number of ether oxygens (including phenoxy) is 1. The summed E-state index contributed by atoms with van der Waals surface area (Å²) in [5.41, 5.74) is 0. The molecule has 19 heavy (non-hydrogen) atoms. The number of nitrogens with zero attached hydrogens (tertiary/aromatic N) is 1. The molecule has 0 radical (unpaired) electrons. The molecule has 2 aliphatic heterocycles. The fraction of sp³-hybridized carbons (Fsp3) is 0.923. The lowest BCUT2D eigenvalue weighted by Crippen LogP contribution is -2.60. The standard InChI is InChI=1S/C13H26N4O2/c1-10-11(2)17(6-5-15-10)13(18)16-9-12-8-14-4-3-7-19-12/h10-12,14-15H,3-9H2,1-2H3,(H,16,18). The van der Waals surface area contributed by atoms with Gasteiger partial charge < -0.3 is 25.6 Å². The Kier molecular flexibility index (Phi) is 5.42. The summed E-state index contributed by atoms with van der Waals surface area (Å²) in [6, 6.07) is 0.589. The van der Waals surface area contributed by atoms with Crippen molar-refractivity contribution >= 4 is 6.03 Å². The van der Waals surface area contributed by atoms with Crippen molar-refractivity contribution in [2.24, 2.45) is 0 Å². The van der Waals surface area contributed by atoms with E-state index in [1.54, 1.807) is 0 Å². The van der Waals surface area contributed by atoms with E-state index in [4.69, 9.17) is 4.74 Å². The molecule has 3 atom stereocenters. The van der Waals surface area contributed by atoms with Crippen LogP contribution in [0.4, 0.5) is 4.79 Å². The fourth-order valence-corrected chi connectivity index (χ4v) is 2.55. The number of rotatable bonds is 2. The second kappa shape index (κ2) is 7.07. The van der Waals surface area contributed by atoms with Gasteiger partial charge in [-0.05, 0) is 26.8 Å². The van der Waals surface area contributed by atoms with Crippen molar-refractivity contribution in [1.29, 1.82) is 0 Å². The second-order valence-electron chi connectivity index (χ2n) is 5.41. The Morgan fingerprint density at radius 1 is 1.42 bits per heavy atom. The number of carbonyl (C=O) groups is 1. The Morgan fingerprint density at radius 3 is 3.11 bits per heavy atom. The van der Waals surface area contributed by atoms with Crippen molar-refractivity contribution in [3.05, 3.63) is 0 Å². The largest absolute Gasteiger partial charge is 0.375 e. The summed E-state index contributed by atoms with van der Waals surface area (Å²) in [4.78, 5) is 14.1. The van der Waals surface area contributed by atoms with Gasteiger partial charge in [0.25, 0.3) is 0 Å². The first-order valence-corrected chi connectivity index (χ1v) is 7.28. The first kappa shape index (κ1) is 14.6. The third-order valence-corrected chi connectivity index (χ3v) is 4.00. The Labute approximate surface area is 115 Å².